The molecule has 0 aliphatic heterocycles. The zero-order chi connectivity index (χ0) is 65.8. The third-order valence-electron chi connectivity index (χ3n) is 11.6. The number of benzene rings is 5. The van der Waals surface area contributed by atoms with E-state index in [0.29, 0.717) is 11.3 Å². The Morgan fingerprint density at radius 2 is 0.977 bits per heavy atom. The number of para-hydroxylation sites is 3. The lowest BCUT2D eigenvalue weighted by atomic mass is 9.91. The summed E-state index contributed by atoms with van der Waals surface area (Å²) < 4.78 is 70.0. The minimum atomic E-state index is -3.57. The van der Waals surface area contributed by atoms with Gasteiger partial charge in [-0.2, -0.15) is 0 Å². The van der Waals surface area contributed by atoms with E-state index in [4.69, 9.17) is 5.73 Å². The Balaban J connectivity index is 0.000000544. The number of rotatable bonds is 16. The molecule has 0 unspecified atom stereocenters. The lowest BCUT2D eigenvalue weighted by Crippen LogP contribution is -2.41. The summed E-state index contributed by atoms with van der Waals surface area (Å²) >= 11 is 0. The maximum Gasteiger partial charge on any atom is 0.320 e. The van der Waals surface area contributed by atoms with Gasteiger partial charge in [0.2, 0.25) is 0 Å². The first-order valence-electron chi connectivity index (χ1n) is 26.9. The standard InChI is InChI=1S/C16H18N2O3S.C14H20N2O2.C12H18N2O3S.C12H16N2O2.C6H14N2O3S/c1-12-8-9-15(13(2)10-12)22(20,21)11-17-16(19)18-14-6-4-3-5-7-14;1-10-7-5-6-8-11(10)16-13(18)15-9-12(17)14(2,3)4;1-9(2)14-12(15)13-8-18(16,17)11-6-4-10(3)5-7-11;1-8-5-4-6-9(2)11(8)14-12(16)13-7-10(3)15;1-6(2,3)12(10,11)4-8-5(7)9/h3-10H,11H2,1-2H3,(H2,17,18,19);5-8H,9H2,1-4H3,(H2,15,16,18);4-7,9H,8H2,1-3H3,(H2,13,14,15);4-6H,7H2,1-3H3,(H2,13,14,16);4H2,1-3H3,(H3,7,8,9). The van der Waals surface area contributed by atoms with Gasteiger partial charge in [-0.3, -0.25) is 9.59 Å². The number of ketones is 2. The lowest BCUT2D eigenvalue weighted by Gasteiger charge is -2.18. The van der Waals surface area contributed by atoms with Crippen molar-refractivity contribution in [3.63, 3.8) is 0 Å². The molecule has 0 saturated heterocycles. The summed E-state index contributed by atoms with van der Waals surface area (Å²) in [7, 11) is -10.4. The van der Waals surface area contributed by atoms with Gasteiger partial charge in [-0.05, 0) is 142 Å². The first-order valence-corrected chi connectivity index (χ1v) is 31.9. The average molecular weight is 1250 g/mol. The molecule has 0 spiro atoms. The summed E-state index contributed by atoms with van der Waals surface area (Å²) in [6.07, 6.45) is 0. The number of carbonyl (C=O) groups excluding carboxylic acids is 7. The fourth-order valence-corrected chi connectivity index (χ4v) is 9.55. The molecular formula is C60H86N10O13S3. The molecule has 0 bridgehead atoms. The number of carbonyl (C=O) groups is 7. The second-order valence-electron chi connectivity index (χ2n) is 21.9. The molecule has 0 aromatic heterocycles. The van der Waals surface area contributed by atoms with E-state index in [1.807, 2.05) is 109 Å². The van der Waals surface area contributed by atoms with E-state index >= 15 is 0 Å². The van der Waals surface area contributed by atoms with Gasteiger partial charge < -0.3 is 53.6 Å². The highest BCUT2D eigenvalue weighted by molar-refractivity contribution is 7.92. The number of aryl methyl sites for hydroxylation is 6. The van der Waals surface area contributed by atoms with Gasteiger partial charge in [0.15, 0.2) is 35.3 Å². The first kappa shape index (κ1) is 75.7. The van der Waals surface area contributed by atoms with Crippen LogP contribution in [-0.4, -0.2) is 108 Å². The number of urea groups is 5. The topological polar surface area (TPSA) is 356 Å². The highest BCUT2D eigenvalue weighted by atomic mass is 32.2. The van der Waals surface area contributed by atoms with E-state index in [0.717, 1.165) is 39.2 Å². The van der Waals surface area contributed by atoms with Crippen molar-refractivity contribution in [1.29, 1.82) is 0 Å². The normalized spacial score (nSPS) is 11.0. The molecule has 26 heteroatoms. The molecule has 11 N–H and O–H groups in total. The van der Waals surface area contributed by atoms with Crippen molar-refractivity contribution >= 4 is 88.3 Å². The number of nitrogens with two attached hydrogens (primary N) is 1. The Kier molecular flexibility index (Phi) is 30.9. The second kappa shape index (κ2) is 35.2. The molecule has 0 fully saturated rings. The fraction of sp³-hybridized carbons (Fsp3) is 0.383. The van der Waals surface area contributed by atoms with Gasteiger partial charge >= 0.3 is 30.2 Å². The van der Waals surface area contributed by atoms with Crippen LogP contribution < -0.4 is 53.6 Å². The second-order valence-corrected chi connectivity index (χ2v) is 28.6. The molecule has 10 amide bonds. The van der Waals surface area contributed by atoms with E-state index in [1.165, 1.54) is 19.1 Å². The van der Waals surface area contributed by atoms with Crippen LogP contribution >= 0.6 is 0 Å². The van der Waals surface area contributed by atoms with E-state index in [-0.39, 0.29) is 52.6 Å². The SMILES string of the molecule is CC(=O)CNC(=O)Nc1c(C)cccc1C.CC(C)(C)S(=O)(=O)CNC(N)=O.Cc1ccc(S(=O)(=O)CNC(=O)NC(C)C)cc1.Cc1ccc(S(=O)(=O)CNC(=O)Nc2ccccc2)c(C)c1.Cc1ccccc1NC(=O)NCC(=O)C(C)(C)C. The van der Waals surface area contributed by atoms with Gasteiger partial charge in [-0.1, -0.05) is 111 Å². The molecule has 86 heavy (non-hydrogen) atoms. The van der Waals surface area contributed by atoms with Crippen LogP contribution in [-0.2, 0) is 39.1 Å². The lowest BCUT2D eigenvalue weighted by molar-refractivity contribution is -0.125. The molecule has 0 atom stereocenters. The van der Waals surface area contributed by atoms with Crippen molar-refractivity contribution in [1.82, 2.24) is 31.9 Å². The van der Waals surface area contributed by atoms with Gasteiger partial charge in [0.05, 0.1) is 27.6 Å². The Bertz CT molecular complexity index is 3420. The van der Waals surface area contributed by atoms with Gasteiger partial charge in [0, 0.05) is 28.5 Å². The largest absolute Gasteiger partial charge is 0.352 e. The van der Waals surface area contributed by atoms with E-state index < -0.39 is 75.4 Å². The molecule has 5 aromatic rings. The maximum atomic E-state index is 12.3. The average Bonchev–Trinajstić information content (AvgIpc) is 3.62. The number of primary amides is 1. The third kappa shape index (κ3) is 29.9. The van der Waals surface area contributed by atoms with Crippen LogP contribution in [0.25, 0.3) is 0 Å². The quantitative estimate of drug-likeness (QED) is 0.0442. The first-order chi connectivity index (χ1) is 39.7. The van der Waals surface area contributed by atoms with Crippen LogP contribution in [0.3, 0.4) is 0 Å². The molecule has 23 nitrogen and oxygen atoms in total. The van der Waals surface area contributed by atoms with Crippen LogP contribution in [0.1, 0.15) is 95.7 Å². The monoisotopic (exact) mass is 1250 g/mol. The summed E-state index contributed by atoms with van der Waals surface area (Å²) in [4.78, 5) is 79.1. The molecule has 0 heterocycles. The van der Waals surface area contributed by atoms with Crippen LogP contribution in [0.2, 0.25) is 0 Å². The van der Waals surface area contributed by atoms with Crippen molar-refractivity contribution in [2.45, 2.75) is 124 Å². The minimum Gasteiger partial charge on any atom is -0.352 e. The van der Waals surface area contributed by atoms with Crippen LogP contribution in [0.4, 0.5) is 41.0 Å². The van der Waals surface area contributed by atoms with Crippen molar-refractivity contribution < 1.29 is 58.8 Å². The smallest absolute Gasteiger partial charge is 0.320 e. The minimum absolute atomic E-state index is 0.00225. The van der Waals surface area contributed by atoms with Gasteiger partial charge in [0.25, 0.3) is 0 Å². The number of nitrogens with one attached hydrogen (secondary N) is 9. The molecule has 0 aliphatic carbocycles. The molecule has 472 valence electrons. The molecule has 5 aromatic carbocycles. The van der Waals surface area contributed by atoms with Gasteiger partial charge in [-0.25, -0.2) is 49.2 Å². The fourth-order valence-electron chi connectivity index (χ4n) is 6.45. The highest BCUT2D eigenvalue weighted by Gasteiger charge is 2.29. The predicted octanol–water partition coefficient (Wildman–Crippen LogP) is 8.86. The van der Waals surface area contributed by atoms with Crippen LogP contribution in [0, 0.1) is 47.0 Å². The molecule has 0 aliphatic rings. The molecule has 5 rings (SSSR count). The molecule has 0 saturated carbocycles. The predicted molar refractivity (Wildman–Crippen MR) is 339 cm³/mol. The van der Waals surface area contributed by atoms with Crippen LogP contribution in [0.15, 0.2) is 125 Å². The Hall–Kier alpha value is -8.36. The Morgan fingerprint density at radius 1 is 0.488 bits per heavy atom. The third-order valence-corrected chi connectivity index (χ3v) is 17.1. The number of Topliss-reactive ketones (excluding diaryl/α,β-unsaturated/α-hetero) is 2. The number of hydrogen-bond donors (Lipinski definition) is 10. The van der Waals surface area contributed by atoms with E-state index in [9.17, 15) is 58.8 Å². The van der Waals surface area contributed by atoms with Gasteiger partial charge in [-0.15, -0.1) is 0 Å². The van der Waals surface area contributed by atoms with Crippen molar-refractivity contribution in [2.24, 2.45) is 11.1 Å². The highest BCUT2D eigenvalue weighted by Crippen LogP contribution is 2.21. The molecular weight excluding hydrogens is 1160 g/mol. The van der Waals surface area contributed by atoms with E-state index in [2.05, 4.69) is 42.5 Å². The zero-order valence-corrected chi connectivity index (χ0v) is 54.1. The van der Waals surface area contributed by atoms with Crippen molar-refractivity contribution in [3.05, 3.63) is 149 Å². The summed E-state index contributed by atoms with van der Waals surface area (Å²) in [6.45, 7) is 26.6. The summed E-state index contributed by atoms with van der Waals surface area (Å²) in [5.74, 6) is -1.34. The maximum absolute atomic E-state index is 12.3. The number of hydrogen-bond acceptors (Lipinski definition) is 13. The molecule has 0 radical (unpaired) electrons. The van der Waals surface area contributed by atoms with E-state index in [1.54, 1.807) is 96.1 Å². The van der Waals surface area contributed by atoms with Crippen LogP contribution in [0.5, 0.6) is 0 Å². The zero-order valence-electron chi connectivity index (χ0n) is 51.7. The summed E-state index contributed by atoms with van der Waals surface area (Å²) in [6, 6.07) is 31.1. The number of amides is 10. The summed E-state index contributed by atoms with van der Waals surface area (Å²) in [5, 5.41) is 22.4. The van der Waals surface area contributed by atoms with Crippen molar-refractivity contribution in [3.8, 4) is 0 Å². The number of anilines is 3. The Labute approximate surface area is 507 Å². The Morgan fingerprint density at radius 3 is 1.49 bits per heavy atom. The van der Waals surface area contributed by atoms with Gasteiger partial charge in [0.1, 0.15) is 23.4 Å². The number of sulfone groups is 3. The van der Waals surface area contributed by atoms with Crippen molar-refractivity contribution in [2.75, 3.05) is 46.7 Å². The summed E-state index contributed by atoms with van der Waals surface area (Å²) in [5.41, 5.74) is 12.1.